The van der Waals surface area contributed by atoms with E-state index in [1.54, 1.807) is 6.07 Å². The van der Waals surface area contributed by atoms with Gasteiger partial charge in [0.05, 0.1) is 30.8 Å². The average molecular weight is 359 g/mol. The van der Waals surface area contributed by atoms with E-state index in [0.29, 0.717) is 38.5 Å². The van der Waals surface area contributed by atoms with Gasteiger partial charge < -0.3 is 19.9 Å². The highest BCUT2D eigenvalue weighted by Gasteiger charge is 2.39. The number of ether oxygens (including phenoxy) is 2. The molecule has 0 spiro atoms. The maximum Gasteiger partial charge on any atom is 0.416 e. The third-order valence-electron chi connectivity index (χ3n) is 5.16. The molecule has 1 atom stereocenters. The summed E-state index contributed by atoms with van der Waals surface area (Å²) < 4.78 is 49.8. The molecule has 1 unspecified atom stereocenters. The molecule has 0 amide bonds. The molecule has 25 heavy (non-hydrogen) atoms. The van der Waals surface area contributed by atoms with Crippen LogP contribution >= 0.6 is 0 Å². The summed E-state index contributed by atoms with van der Waals surface area (Å²) in [4.78, 5) is 0. The van der Waals surface area contributed by atoms with Crippen LogP contribution in [0.4, 0.5) is 13.2 Å². The molecule has 2 heterocycles. The average Bonchev–Trinajstić information content (AvgIpc) is 2.58. The summed E-state index contributed by atoms with van der Waals surface area (Å²) in [5.41, 5.74) is -0.326. The van der Waals surface area contributed by atoms with Crippen LogP contribution < -0.4 is 5.32 Å². The van der Waals surface area contributed by atoms with Gasteiger partial charge in [0.25, 0.3) is 0 Å². The summed E-state index contributed by atoms with van der Waals surface area (Å²) in [5, 5.41) is 13.0. The topological polar surface area (TPSA) is 50.7 Å². The Kier molecular flexibility index (Phi) is 5.68. The Balaban J connectivity index is 1.80. The van der Waals surface area contributed by atoms with Crippen LogP contribution in [0, 0.1) is 11.3 Å². The number of benzene rings is 1. The highest BCUT2D eigenvalue weighted by atomic mass is 19.4. The molecule has 140 valence electrons. The van der Waals surface area contributed by atoms with Crippen molar-refractivity contribution in [2.24, 2.45) is 11.3 Å². The summed E-state index contributed by atoms with van der Waals surface area (Å²) in [7, 11) is 0. The van der Waals surface area contributed by atoms with E-state index in [2.05, 4.69) is 5.32 Å². The quantitative estimate of drug-likeness (QED) is 0.820. The molecule has 2 N–H and O–H groups in total. The van der Waals surface area contributed by atoms with Gasteiger partial charge in [0.15, 0.2) is 0 Å². The molecule has 0 saturated carbocycles. The molecule has 2 aliphatic heterocycles. The van der Waals surface area contributed by atoms with Gasteiger partial charge in [-0.05, 0) is 36.5 Å². The van der Waals surface area contributed by atoms with Gasteiger partial charge in [-0.2, -0.15) is 13.2 Å². The van der Waals surface area contributed by atoms with Gasteiger partial charge in [0, 0.05) is 25.8 Å². The minimum Gasteiger partial charge on any atom is -0.396 e. The van der Waals surface area contributed by atoms with Gasteiger partial charge in [-0.3, -0.25) is 0 Å². The molecule has 2 saturated heterocycles. The summed E-state index contributed by atoms with van der Waals surface area (Å²) >= 11 is 0. The maximum absolute atomic E-state index is 13.1. The van der Waals surface area contributed by atoms with Crippen LogP contribution in [-0.4, -0.2) is 44.7 Å². The Morgan fingerprint density at radius 2 is 1.92 bits per heavy atom. The molecule has 3 rings (SSSR count). The van der Waals surface area contributed by atoms with Crippen molar-refractivity contribution in [1.29, 1.82) is 0 Å². The van der Waals surface area contributed by atoms with Crippen LogP contribution in [0.3, 0.4) is 0 Å². The monoisotopic (exact) mass is 359 g/mol. The fourth-order valence-corrected chi connectivity index (χ4v) is 3.48. The highest BCUT2D eigenvalue weighted by molar-refractivity contribution is 5.28. The summed E-state index contributed by atoms with van der Waals surface area (Å²) in [6.07, 6.45) is -2.75. The normalized spacial score (nSPS) is 22.4. The zero-order chi connectivity index (χ0) is 17.9. The minimum atomic E-state index is -4.36. The summed E-state index contributed by atoms with van der Waals surface area (Å²) in [6, 6.07) is 5.33. The zero-order valence-corrected chi connectivity index (χ0v) is 14.0. The van der Waals surface area contributed by atoms with Crippen molar-refractivity contribution in [3.05, 3.63) is 35.4 Å². The molecule has 0 aromatic heterocycles. The Labute approximate surface area is 145 Å². The number of aliphatic hydroxyl groups is 1. The van der Waals surface area contributed by atoms with E-state index in [4.69, 9.17) is 9.47 Å². The fraction of sp³-hybridized carbons (Fsp3) is 0.667. The van der Waals surface area contributed by atoms with Crippen molar-refractivity contribution in [3.63, 3.8) is 0 Å². The summed E-state index contributed by atoms with van der Waals surface area (Å²) in [5.74, 6) is 0.203. The van der Waals surface area contributed by atoms with E-state index < -0.39 is 11.7 Å². The maximum atomic E-state index is 13.1. The standard InChI is InChI=1S/C18H24F3NO3/c19-18(20,21)15-3-1-2-14(8-15)16(13-4-6-24-7-5-13)22-9-17(10-23)11-25-12-17/h1-3,8,13,16,22-23H,4-7,9-12H2. The van der Waals surface area contributed by atoms with E-state index in [9.17, 15) is 18.3 Å². The van der Waals surface area contributed by atoms with Crippen molar-refractivity contribution < 1.29 is 27.8 Å². The van der Waals surface area contributed by atoms with E-state index in [1.807, 2.05) is 0 Å². The van der Waals surface area contributed by atoms with E-state index in [0.717, 1.165) is 18.9 Å². The molecule has 2 aliphatic rings. The van der Waals surface area contributed by atoms with Crippen molar-refractivity contribution in [1.82, 2.24) is 5.32 Å². The number of rotatable bonds is 6. The minimum absolute atomic E-state index is 0.00306. The number of aliphatic hydroxyl groups excluding tert-OH is 1. The first kappa shape index (κ1) is 18.6. The Bertz CT molecular complexity index is 563. The largest absolute Gasteiger partial charge is 0.416 e. The molecule has 4 nitrogen and oxygen atoms in total. The molecule has 2 fully saturated rings. The van der Waals surface area contributed by atoms with Crippen molar-refractivity contribution in [2.45, 2.75) is 25.1 Å². The van der Waals surface area contributed by atoms with Crippen LogP contribution in [-0.2, 0) is 15.7 Å². The SMILES string of the molecule is OCC1(CNC(c2cccc(C(F)(F)F)c2)C2CCOCC2)COC1. The van der Waals surface area contributed by atoms with E-state index >= 15 is 0 Å². The lowest BCUT2D eigenvalue weighted by Crippen LogP contribution is -2.53. The van der Waals surface area contributed by atoms with Crippen molar-refractivity contribution >= 4 is 0 Å². The molecule has 0 radical (unpaired) electrons. The van der Waals surface area contributed by atoms with Gasteiger partial charge in [-0.25, -0.2) is 0 Å². The predicted octanol–water partition coefficient (Wildman–Crippen LogP) is 2.77. The molecule has 7 heteroatoms. The summed E-state index contributed by atoms with van der Waals surface area (Å²) in [6.45, 7) is 2.70. The van der Waals surface area contributed by atoms with Crippen LogP contribution in [0.25, 0.3) is 0 Å². The highest BCUT2D eigenvalue weighted by Crippen LogP contribution is 2.36. The number of alkyl halides is 3. The molecular weight excluding hydrogens is 335 g/mol. The Morgan fingerprint density at radius 1 is 1.20 bits per heavy atom. The lowest BCUT2D eigenvalue weighted by molar-refractivity contribution is -0.137. The van der Waals surface area contributed by atoms with Gasteiger partial charge >= 0.3 is 6.18 Å². The third kappa shape index (κ3) is 4.34. The van der Waals surface area contributed by atoms with Gasteiger partial charge in [-0.15, -0.1) is 0 Å². The van der Waals surface area contributed by atoms with Crippen LogP contribution in [0.15, 0.2) is 24.3 Å². The smallest absolute Gasteiger partial charge is 0.396 e. The zero-order valence-electron chi connectivity index (χ0n) is 14.0. The van der Waals surface area contributed by atoms with Crippen LogP contribution in [0.2, 0.25) is 0 Å². The first-order valence-electron chi connectivity index (χ1n) is 8.60. The molecule has 1 aromatic rings. The third-order valence-corrected chi connectivity index (χ3v) is 5.16. The Hall–Kier alpha value is -1.15. The lowest BCUT2D eigenvalue weighted by Gasteiger charge is -2.42. The first-order valence-corrected chi connectivity index (χ1v) is 8.60. The van der Waals surface area contributed by atoms with E-state index in [1.165, 1.54) is 12.1 Å². The van der Waals surface area contributed by atoms with Gasteiger partial charge in [0.2, 0.25) is 0 Å². The number of hydrogen-bond acceptors (Lipinski definition) is 4. The molecule has 0 aliphatic carbocycles. The first-order chi connectivity index (χ1) is 11.9. The predicted molar refractivity (Wildman–Crippen MR) is 86.1 cm³/mol. The van der Waals surface area contributed by atoms with Crippen LogP contribution in [0.5, 0.6) is 0 Å². The van der Waals surface area contributed by atoms with Crippen LogP contribution in [0.1, 0.15) is 30.0 Å². The molecule has 0 bridgehead atoms. The van der Waals surface area contributed by atoms with Crippen molar-refractivity contribution in [2.75, 3.05) is 39.6 Å². The van der Waals surface area contributed by atoms with Gasteiger partial charge in [-0.1, -0.05) is 12.1 Å². The molecule has 1 aromatic carbocycles. The van der Waals surface area contributed by atoms with Gasteiger partial charge in [0.1, 0.15) is 0 Å². The fourth-order valence-electron chi connectivity index (χ4n) is 3.48. The number of hydrogen-bond donors (Lipinski definition) is 2. The second-order valence-electron chi connectivity index (χ2n) is 7.08. The number of nitrogens with one attached hydrogen (secondary N) is 1. The molecular formula is C18H24F3NO3. The van der Waals surface area contributed by atoms with Crippen molar-refractivity contribution in [3.8, 4) is 0 Å². The second kappa shape index (κ2) is 7.61. The second-order valence-corrected chi connectivity index (χ2v) is 7.08. The van der Waals surface area contributed by atoms with E-state index in [-0.39, 0.29) is 24.0 Å². The lowest BCUT2D eigenvalue weighted by atomic mass is 9.83. The number of halogens is 3. The Morgan fingerprint density at radius 3 is 2.48 bits per heavy atom.